The zero-order valence-electron chi connectivity index (χ0n) is 28.1. The topological polar surface area (TPSA) is 77.0 Å². The minimum Gasteiger partial charge on any atom is -0.456 e. The van der Waals surface area contributed by atoms with Gasteiger partial charge in [0.15, 0.2) is 5.84 Å². The summed E-state index contributed by atoms with van der Waals surface area (Å²) in [4.78, 5) is 10.4. The number of nitrogens with zero attached hydrogens (tertiary/aromatic N) is 2. The van der Waals surface area contributed by atoms with Crippen molar-refractivity contribution >= 4 is 77.1 Å². The summed E-state index contributed by atoms with van der Waals surface area (Å²) < 4.78 is 12.7. The summed E-state index contributed by atoms with van der Waals surface area (Å²) in [5.74, 6) is 0.877. The first-order chi connectivity index (χ1) is 25.7. The van der Waals surface area contributed by atoms with E-state index in [-0.39, 0.29) is 0 Å². The highest BCUT2D eigenvalue weighted by atomic mass is 16.3. The molecule has 10 aromatic rings. The van der Waals surface area contributed by atoms with Gasteiger partial charge in [-0.05, 0) is 74.6 Å². The molecule has 2 N–H and O–H groups in total. The van der Waals surface area contributed by atoms with E-state index in [0.717, 1.165) is 71.7 Å². The molecular weight excluding hydrogens is 639 g/mol. The van der Waals surface area contributed by atoms with E-state index in [0.29, 0.717) is 18.2 Å². The Hall–Kier alpha value is -6.98. The maximum absolute atomic E-state index is 7.13. The monoisotopic (exact) mass is 669 g/mol. The average Bonchev–Trinajstić information content (AvgIpc) is 3.78. The van der Waals surface area contributed by atoms with Gasteiger partial charge in [-0.25, -0.2) is 4.99 Å². The van der Waals surface area contributed by atoms with Crippen LogP contribution in [-0.2, 0) is 6.54 Å². The SMILES string of the molecule is NC(=NC(=NCc1ccc2c(ccc3ccccc32)c1)c1cccc2oc3ccccc3c12)c1cc(-c2ccccc2)cc2oc3ccccc3c12. The lowest BCUT2D eigenvalue weighted by molar-refractivity contribution is 0.668. The van der Waals surface area contributed by atoms with Crippen molar-refractivity contribution in [3.8, 4) is 11.1 Å². The lowest BCUT2D eigenvalue weighted by Gasteiger charge is -2.10. The maximum atomic E-state index is 7.13. The zero-order chi connectivity index (χ0) is 34.6. The lowest BCUT2D eigenvalue weighted by atomic mass is 9.98. The first-order valence-corrected chi connectivity index (χ1v) is 17.4. The average molecular weight is 670 g/mol. The molecule has 5 nitrogen and oxygen atoms in total. The van der Waals surface area contributed by atoms with Gasteiger partial charge in [-0.3, -0.25) is 4.99 Å². The highest BCUT2D eigenvalue weighted by Crippen LogP contribution is 2.36. The van der Waals surface area contributed by atoms with Crippen LogP contribution in [0.25, 0.3) is 76.5 Å². The molecule has 5 heteroatoms. The van der Waals surface area contributed by atoms with Gasteiger partial charge < -0.3 is 14.6 Å². The van der Waals surface area contributed by atoms with Crippen molar-refractivity contribution in [1.82, 2.24) is 0 Å². The largest absolute Gasteiger partial charge is 0.456 e. The summed E-state index contributed by atoms with van der Waals surface area (Å²) in [6, 6.07) is 56.0. The fraction of sp³-hybridized carbons (Fsp3) is 0.0213. The number of nitrogens with two attached hydrogens (primary N) is 1. The van der Waals surface area contributed by atoms with Crippen LogP contribution >= 0.6 is 0 Å². The number of furan rings is 2. The molecule has 0 radical (unpaired) electrons. The summed E-state index contributed by atoms with van der Waals surface area (Å²) in [6.45, 7) is 0.412. The van der Waals surface area contributed by atoms with Crippen molar-refractivity contribution in [1.29, 1.82) is 0 Å². The van der Waals surface area contributed by atoms with Gasteiger partial charge in [-0.1, -0.05) is 127 Å². The molecule has 52 heavy (non-hydrogen) atoms. The van der Waals surface area contributed by atoms with Crippen LogP contribution in [0.2, 0.25) is 0 Å². The van der Waals surface area contributed by atoms with Crippen molar-refractivity contribution in [3.63, 3.8) is 0 Å². The number of aliphatic imine (C=N–C) groups is 2. The first-order valence-electron chi connectivity index (χ1n) is 17.4. The molecule has 0 atom stereocenters. The molecule has 0 aliphatic heterocycles. The van der Waals surface area contributed by atoms with Crippen molar-refractivity contribution < 1.29 is 8.83 Å². The predicted molar refractivity (Wildman–Crippen MR) is 215 cm³/mol. The first kappa shape index (κ1) is 29.9. The molecule has 246 valence electrons. The highest BCUT2D eigenvalue weighted by molar-refractivity contribution is 6.24. The maximum Gasteiger partial charge on any atom is 0.158 e. The van der Waals surface area contributed by atoms with Gasteiger partial charge in [0, 0.05) is 32.7 Å². The minimum atomic E-state index is 0.350. The Balaban J connectivity index is 1.17. The van der Waals surface area contributed by atoms with E-state index in [1.54, 1.807) is 0 Å². The molecule has 0 aliphatic carbocycles. The molecule has 0 bridgehead atoms. The number of amidine groups is 2. The third-order valence-corrected chi connectivity index (χ3v) is 9.95. The molecule has 0 spiro atoms. The third-order valence-electron chi connectivity index (χ3n) is 9.95. The lowest BCUT2D eigenvalue weighted by Crippen LogP contribution is -2.17. The number of hydrogen-bond acceptors (Lipinski definition) is 3. The molecule has 2 aromatic heterocycles. The Kier molecular flexibility index (Phi) is 6.96. The number of para-hydroxylation sites is 2. The van der Waals surface area contributed by atoms with Crippen LogP contribution in [-0.4, -0.2) is 11.7 Å². The number of hydrogen-bond donors (Lipinski definition) is 1. The quantitative estimate of drug-likeness (QED) is 0.113. The zero-order valence-corrected chi connectivity index (χ0v) is 28.1. The minimum absolute atomic E-state index is 0.350. The van der Waals surface area contributed by atoms with Crippen LogP contribution in [0.4, 0.5) is 0 Å². The second-order valence-electron chi connectivity index (χ2n) is 13.1. The van der Waals surface area contributed by atoms with Gasteiger partial charge in [-0.15, -0.1) is 0 Å². The number of benzene rings is 8. The molecule has 2 heterocycles. The van der Waals surface area contributed by atoms with E-state index in [1.807, 2.05) is 66.7 Å². The summed E-state index contributed by atoms with van der Waals surface area (Å²) in [6.07, 6.45) is 0. The van der Waals surface area contributed by atoms with Gasteiger partial charge in [0.2, 0.25) is 0 Å². The van der Waals surface area contributed by atoms with E-state index in [2.05, 4.69) is 97.1 Å². The Morgan fingerprint density at radius 2 is 1.10 bits per heavy atom. The Morgan fingerprint density at radius 3 is 1.90 bits per heavy atom. The third kappa shape index (κ3) is 5.02. The summed E-state index contributed by atoms with van der Waals surface area (Å²) in [5, 5.41) is 8.71. The molecule has 10 rings (SSSR count). The Labute approximate surface area is 299 Å². The highest BCUT2D eigenvalue weighted by Gasteiger charge is 2.19. The smallest absolute Gasteiger partial charge is 0.158 e. The van der Waals surface area contributed by atoms with Crippen LogP contribution in [0.1, 0.15) is 16.7 Å². The molecular formula is C47H31N3O2. The van der Waals surface area contributed by atoms with Crippen LogP contribution in [0.5, 0.6) is 0 Å². The standard InChI is InChI=1S/C47H31N3O2/c48-46(39-26-33(30-11-2-1-3-12-30)27-43-45(39)37-16-7-9-19-41(37)52-43)50-47(38-17-10-20-42-44(38)36-15-6-8-18-40(36)51-42)49-28-29-21-24-35-32(25-29)23-22-31-13-4-5-14-34(31)35/h1-27H,28H2,(H2,48,49,50). The number of fused-ring (bicyclic) bond motifs is 9. The second-order valence-corrected chi connectivity index (χ2v) is 13.1. The van der Waals surface area contributed by atoms with Gasteiger partial charge in [0.05, 0.1) is 6.54 Å². The predicted octanol–water partition coefficient (Wildman–Crippen LogP) is 11.8. The summed E-state index contributed by atoms with van der Waals surface area (Å²) >= 11 is 0. The van der Waals surface area contributed by atoms with Gasteiger partial charge in [0.1, 0.15) is 28.2 Å². The van der Waals surface area contributed by atoms with E-state index in [9.17, 15) is 0 Å². The second kappa shape index (κ2) is 12.1. The normalized spacial score (nSPS) is 12.6. The van der Waals surface area contributed by atoms with Gasteiger partial charge >= 0.3 is 0 Å². The molecule has 0 fully saturated rings. The molecule has 8 aromatic carbocycles. The fourth-order valence-corrected chi connectivity index (χ4v) is 7.50. The van der Waals surface area contributed by atoms with Crippen LogP contribution in [0.3, 0.4) is 0 Å². The van der Waals surface area contributed by atoms with E-state index < -0.39 is 0 Å². The molecule has 0 saturated carbocycles. The Bertz CT molecular complexity index is 3060. The number of rotatable bonds is 5. The van der Waals surface area contributed by atoms with Crippen molar-refractivity contribution in [2.75, 3.05) is 0 Å². The van der Waals surface area contributed by atoms with Crippen molar-refractivity contribution in [2.45, 2.75) is 6.54 Å². The van der Waals surface area contributed by atoms with Gasteiger partial charge in [0.25, 0.3) is 0 Å². The van der Waals surface area contributed by atoms with Crippen LogP contribution in [0.15, 0.2) is 183 Å². The summed E-state index contributed by atoms with van der Waals surface area (Å²) in [5.41, 5.74) is 15.0. The fourth-order valence-electron chi connectivity index (χ4n) is 7.50. The van der Waals surface area contributed by atoms with Crippen molar-refractivity contribution in [3.05, 3.63) is 180 Å². The van der Waals surface area contributed by atoms with Crippen molar-refractivity contribution in [2.24, 2.45) is 15.7 Å². The van der Waals surface area contributed by atoms with Crippen LogP contribution < -0.4 is 5.73 Å². The molecule has 0 amide bonds. The van der Waals surface area contributed by atoms with E-state index in [4.69, 9.17) is 24.6 Å². The van der Waals surface area contributed by atoms with E-state index >= 15 is 0 Å². The molecule has 0 saturated heterocycles. The van der Waals surface area contributed by atoms with Gasteiger partial charge in [-0.2, -0.15) is 0 Å². The molecule has 0 aliphatic rings. The van der Waals surface area contributed by atoms with Crippen LogP contribution in [0, 0.1) is 0 Å². The van der Waals surface area contributed by atoms with E-state index in [1.165, 1.54) is 21.5 Å². The summed E-state index contributed by atoms with van der Waals surface area (Å²) in [7, 11) is 0. The molecule has 0 unspecified atom stereocenters. The Morgan fingerprint density at radius 1 is 0.462 bits per heavy atom.